The highest BCUT2D eigenvalue weighted by atomic mass is 32.2. The average Bonchev–Trinajstić information content (AvgIpc) is 2.56. The summed E-state index contributed by atoms with van der Waals surface area (Å²) in [5.74, 6) is -0.688. The van der Waals surface area contributed by atoms with Gasteiger partial charge in [0.05, 0.1) is 4.90 Å². The number of nitrogens with zero attached hydrogens (tertiary/aromatic N) is 1. The van der Waals surface area contributed by atoms with Crippen LogP contribution in [-0.2, 0) is 10.0 Å². The van der Waals surface area contributed by atoms with Gasteiger partial charge in [0.1, 0.15) is 11.6 Å². The maximum Gasteiger partial charge on any atom is 0.243 e. The molecule has 0 unspecified atom stereocenters. The lowest BCUT2D eigenvalue weighted by Crippen LogP contribution is -2.35. The Morgan fingerprint density at radius 3 is 2.22 bits per heavy atom. The lowest BCUT2D eigenvalue weighted by atomic mass is 10.1. The summed E-state index contributed by atoms with van der Waals surface area (Å²) >= 11 is 0. The molecule has 122 valence electrons. The smallest absolute Gasteiger partial charge is 0.243 e. The van der Waals surface area contributed by atoms with Crippen LogP contribution in [0, 0.1) is 5.82 Å². The molecule has 0 aromatic heterocycles. The van der Waals surface area contributed by atoms with Crippen molar-refractivity contribution < 1.29 is 17.9 Å². The molecule has 23 heavy (non-hydrogen) atoms. The van der Waals surface area contributed by atoms with Gasteiger partial charge in [0, 0.05) is 24.7 Å². The molecule has 0 aliphatic carbocycles. The normalized spacial score (nSPS) is 16.4. The van der Waals surface area contributed by atoms with Crippen molar-refractivity contribution in [3.8, 4) is 16.9 Å². The minimum Gasteiger partial charge on any atom is -0.508 e. The number of phenolic OH excluding ortho intramolecular Hbond substituents is 1. The molecular formula is C17H18FNO3S. The van der Waals surface area contributed by atoms with E-state index in [0.717, 1.165) is 25.3 Å². The summed E-state index contributed by atoms with van der Waals surface area (Å²) < 4.78 is 40.5. The van der Waals surface area contributed by atoms with Gasteiger partial charge in [0.25, 0.3) is 0 Å². The molecular weight excluding hydrogens is 317 g/mol. The third-order valence-electron chi connectivity index (χ3n) is 4.07. The fourth-order valence-electron chi connectivity index (χ4n) is 2.80. The van der Waals surface area contributed by atoms with Crippen molar-refractivity contribution >= 4 is 10.0 Å². The van der Waals surface area contributed by atoms with Crippen LogP contribution in [0.4, 0.5) is 4.39 Å². The quantitative estimate of drug-likeness (QED) is 0.935. The lowest BCUT2D eigenvalue weighted by Gasteiger charge is -2.25. The number of hydrogen-bond acceptors (Lipinski definition) is 3. The molecule has 0 saturated carbocycles. The van der Waals surface area contributed by atoms with E-state index in [1.165, 1.54) is 28.6 Å². The summed E-state index contributed by atoms with van der Waals surface area (Å²) in [6.07, 6.45) is 2.83. The van der Waals surface area contributed by atoms with E-state index in [2.05, 4.69) is 0 Å². The van der Waals surface area contributed by atoms with Crippen LogP contribution in [-0.4, -0.2) is 30.9 Å². The maximum absolute atomic E-state index is 13.9. The molecule has 4 nitrogen and oxygen atoms in total. The molecule has 1 aliphatic heterocycles. The Morgan fingerprint density at radius 1 is 0.957 bits per heavy atom. The van der Waals surface area contributed by atoms with Crippen molar-refractivity contribution in [2.24, 2.45) is 0 Å². The minimum absolute atomic E-state index is 0.143. The SMILES string of the molecule is O=S(=O)(c1ccc(-c2ccc(O)cc2F)cc1)N1CCCCC1. The highest BCUT2D eigenvalue weighted by Crippen LogP contribution is 2.28. The number of benzene rings is 2. The molecule has 3 rings (SSSR count). The maximum atomic E-state index is 13.9. The fraction of sp³-hybridized carbons (Fsp3) is 0.294. The summed E-state index contributed by atoms with van der Waals surface area (Å²) in [6, 6.07) is 10.1. The number of aromatic hydroxyl groups is 1. The first-order valence-corrected chi connectivity index (χ1v) is 9.01. The van der Waals surface area contributed by atoms with E-state index in [0.29, 0.717) is 24.2 Å². The molecule has 0 atom stereocenters. The van der Waals surface area contributed by atoms with Crippen molar-refractivity contribution in [3.63, 3.8) is 0 Å². The summed E-state index contributed by atoms with van der Waals surface area (Å²) in [5, 5.41) is 9.25. The van der Waals surface area contributed by atoms with Gasteiger partial charge < -0.3 is 5.11 Å². The zero-order valence-electron chi connectivity index (χ0n) is 12.6. The van der Waals surface area contributed by atoms with Crippen LogP contribution in [0.1, 0.15) is 19.3 Å². The molecule has 2 aromatic carbocycles. The van der Waals surface area contributed by atoms with Gasteiger partial charge in [-0.25, -0.2) is 12.8 Å². The van der Waals surface area contributed by atoms with Gasteiger partial charge >= 0.3 is 0 Å². The van der Waals surface area contributed by atoms with Crippen molar-refractivity contribution in [2.45, 2.75) is 24.2 Å². The van der Waals surface area contributed by atoms with Crippen molar-refractivity contribution in [2.75, 3.05) is 13.1 Å². The first-order valence-electron chi connectivity index (χ1n) is 7.57. The molecule has 2 aromatic rings. The molecule has 0 spiro atoms. The van der Waals surface area contributed by atoms with Crippen molar-refractivity contribution in [3.05, 3.63) is 48.3 Å². The van der Waals surface area contributed by atoms with Crippen LogP contribution in [0.3, 0.4) is 0 Å². The number of phenols is 1. The largest absolute Gasteiger partial charge is 0.508 e. The Morgan fingerprint density at radius 2 is 1.61 bits per heavy atom. The van der Waals surface area contributed by atoms with Crippen molar-refractivity contribution in [1.82, 2.24) is 4.31 Å². The summed E-state index contributed by atoms with van der Waals surface area (Å²) in [6.45, 7) is 1.10. The van der Waals surface area contributed by atoms with E-state index in [9.17, 15) is 17.9 Å². The summed E-state index contributed by atoms with van der Waals surface area (Å²) in [4.78, 5) is 0.224. The molecule has 0 radical (unpaired) electrons. The van der Waals surface area contributed by atoms with Crippen LogP contribution in [0.15, 0.2) is 47.4 Å². The van der Waals surface area contributed by atoms with E-state index in [1.807, 2.05) is 0 Å². The van der Waals surface area contributed by atoms with Crippen molar-refractivity contribution in [1.29, 1.82) is 0 Å². The molecule has 1 aliphatic rings. The number of piperidine rings is 1. The van der Waals surface area contributed by atoms with E-state index < -0.39 is 15.8 Å². The molecule has 0 amide bonds. The average molecular weight is 335 g/mol. The van der Waals surface area contributed by atoms with Crippen LogP contribution < -0.4 is 0 Å². The Hall–Kier alpha value is -1.92. The topological polar surface area (TPSA) is 57.6 Å². The van der Waals surface area contributed by atoms with Gasteiger partial charge in [-0.15, -0.1) is 0 Å². The second-order valence-electron chi connectivity index (χ2n) is 5.65. The number of hydrogen-bond donors (Lipinski definition) is 1. The van der Waals surface area contributed by atoms with Crippen LogP contribution in [0.5, 0.6) is 5.75 Å². The van der Waals surface area contributed by atoms with Gasteiger partial charge in [-0.05, 0) is 42.7 Å². The summed E-state index contributed by atoms with van der Waals surface area (Å²) in [5.41, 5.74) is 0.893. The highest BCUT2D eigenvalue weighted by Gasteiger charge is 2.25. The van der Waals surface area contributed by atoms with Gasteiger partial charge in [-0.3, -0.25) is 0 Å². The third kappa shape index (κ3) is 3.23. The lowest BCUT2D eigenvalue weighted by molar-refractivity contribution is 0.346. The second kappa shape index (κ2) is 6.29. The van der Waals surface area contributed by atoms with Gasteiger partial charge in [-0.1, -0.05) is 18.6 Å². The minimum atomic E-state index is -3.48. The number of rotatable bonds is 3. The second-order valence-corrected chi connectivity index (χ2v) is 7.59. The van der Waals surface area contributed by atoms with E-state index in [4.69, 9.17) is 0 Å². The Labute approximate surface area is 135 Å². The third-order valence-corrected chi connectivity index (χ3v) is 5.98. The molecule has 1 fully saturated rings. The monoisotopic (exact) mass is 335 g/mol. The predicted octanol–water partition coefficient (Wildman–Crippen LogP) is 3.37. The zero-order chi connectivity index (χ0) is 16.4. The molecule has 6 heteroatoms. The van der Waals surface area contributed by atoms with Gasteiger partial charge in [0.15, 0.2) is 0 Å². The zero-order valence-corrected chi connectivity index (χ0v) is 13.4. The van der Waals surface area contributed by atoms with Gasteiger partial charge in [-0.2, -0.15) is 4.31 Å². The van der Waals surface area contributed by atoms with E-state index in [1.54, 1.807) is 12.1 Å². The fourth-order valence-corrected chi connectivity index (χ4v) is 4.32. The first-order chi connectivity index (χ1) is 11.0. The Kier molecular flexibility index (Phi) is 4.37. The Balaban J connectivity index is 1.89. The van der Waals surface area contributed by atoms with Crippen LogP contribution >= 0.6 is 0 Å². The van der Waals surface area contributed by atoms with E-state index >= 15 is 0 Å². The first kappa shape index (κ1) is 16.0. The van der Waals surface area contributed by atoms with Gasteiger partial charge in [0.2, 0.25) is 10.0 Å². The van der Waals surface area contributed by atoms with E-state index in [-0.39, 0.29) is 10.6 Å². The number of sulfonamides is 1. The number of halogens is 1. The molecule has 1 heterocycles. The van der Waals surface area contributed by atoms with Crippen LogP contribution in [0.25, 0.3) is 11.1 Å². The molecule has 1 saturated heterocycles. The molecule has 1 N–H and O–H groups in total. The van der Waals surface area contributed by atoms with Crippen LogP contribution in [0.2, 0.25) is 0 Å². The standard InChI is InChI=1S/C17H18FNO3S/c18-17-12-14(20)6-9-16(17)13-4-7-15(8-5-13)23(21,22)19-10-2-1-3-11-19/h4-9,12,20H,1-3,10-11H2. The summed E-state index contributed by atoms with van der Waals surface area (Å²) in [7, 11) is -3.48. The highest BCUT2D eigenvalue weighted by molar-refractivity contribution is 7.89. The molecule has 0 bridgehead atoms. The Bertz CT molecular complexity index is 797. The predicted molar refractivity (Wildman–Crippen MR) is 86.1 cm³/mol.